The van der Waals surface area contributed by atoms with Gasteiger partial charge in [-0.05, 0) is 18.6 Å². The van der Waals surface area contributed by atoms with E-state index in [9.17, 15) is 4.79 Å². The normalized spacial score (nSPS) is 10.0. The predicted octanol–water partition coefficient (Wildman–Crippen LogP) is 3.34. The second-order valence-corrected chi connectivity index (χ2v) is 3.71. The van der Waals surface area contributed by atoms with Gasteiger partial charge in [0.25, 0.3) is 0 Å². The Balaban J connectivity index is 3.18. The van der Waals surface area contributed by atoms with Crippen LogP contribution < -0.4 is 9.47 Å². The van der Waals surface area contributed by atoms with E-state index in [-0.39, 0.29) is 5.78 Å². The summed E-state index contributed by atoms with van der Waals surface area (Å²) in [6, 6.07) is 3.36. The molecule has 0 aromatic heterocycles. The number of carbonyl (C=O) groups is 1. The van der Waals surface area contributed by atoms with Crippen LogP contribution in [0.2, 0.25) is 5.02 Å². The summed E-state index contributed by atoms with van der Waals surface area (Å²) in [7, 11) is 3.03. The van der Waals surface area contributed by atoms with Gasteiger partial charge in [0, 0.05) is 12.0 Å². The minimum atomic E-state index is 0.0217. The van der Waals surface area contributed by atoms with Gasteiger partial charge in [0.2, 0.25) is 0 Å². The van der Waals surface area contributed by atoms with Crippen LogP contribution in [0.4, 0.5) is 0 Å². The molecular weight excluding hydrogens is 228 g/mol. The molecule has 1 aromatic rings. The maximum Gasteiger partial charge on any atom is 0.180 e. The van der Waals surface area contributed by atoms with Crippen molar-refractivity contribution in [2.24, 2.45) is 0 Å². The molecule has 88 valence electrons. The minimum absolute atomic E-state index is 0.0217. The molecule has 0 bridgehead atoms. The van der Waals surface area contributed by atoms with Crippen LogP contribution in [0.25, 0.3) is 0 Å². The van der Waals surface area contributed by atoms with Gasteiger partial charge in [-0.25, -0.2) is 0 Å². The fourth-order valence-corrected chi connectivity index (χ4v) is 1.81. The molecule has 0 saturated carbocycles. The zero-order valence-electron chi connectivity index (χ0n) is 9.67. The zero-order valence-corrected chi connectivity index (χ0v) is 10.4. The van der Waals surface area contributed by atoms with E-state index in [0.717, 1.165) is 6.42 Å². The summed E-state index contributed by atoms with van der Waals surface area (Å²) in [5.41, 5.74) is 0.487. The van der Waals surface area contributed by atoms with E-state index in [1.54, 1.807) is 12.1 Å². The summed E-state index contributed by atoms with van der Waals surface area (Å²) >= 11 is 6.10. The van der Waals surface area contributed by atoms with Crippen molar-refractivity contribution >= 4 is 17.4 Å². The van der Waals surface area contributed by atoms with Gasteiger partial charge < -0.3 is 9.47 Å². The van der Waals surface area contributed by atoms with Gasteiger partial charge in [-0.3, -0.25) is 4.79 Å². The van der Waals surface area contributed by atoms with E-state index in [2.05, 4.69) is 0 Å². The predicted molar refractivity (Wildman–Crippen MR) is 63.8 cm³/mol. The van der Waals surface area contributed by atoms with E-state index in [0.29, 0.717) is 28.5 Å². The van der Waals surface area contributed by atoms with Crippen molar-refractivity contribution < 1.29 is 14.3 Å². The van der Waals surface area contributed by atoms with Gasteiger partial charge in [-0.15, -0.1) is 0 Å². The average Bonchev–Trinajstić information content (AvgIpc) is 2.28. The maximum absolute atomic E-state index is 11.8. The van der Waals surface area contributed by atoms with E-state index in [1.165, 1.54) is 14.2 Å². The molecule has 0 saturated heterocycles. The van der Waals surface area contributed by atoms with E-state index in [4.69, 9.17) is 21.1 Å². The van der Waals surface area contributed by atoms with Crippen molar-refractivity contribution in [1.29, 1.82) is 0 Å². The third-order valence-electron chi connectivity index (χ3n) is 2.26. The number of benzene rings is 1. The average molecular weight is 243 g/mol. The Morgan fingerprint density at radius 1 is 1.31 bits per heavy atom. The second-order valence-electron chi connectivity index (χ2n) is 3.34. The van der Waals surface area contributed by atoms with Gasteiger partial charge in [0.05, 0.1) is 19.2 Å². The number of ketones is 1. The minimum Gasteiger partial charge on any atom is -0.493 e. The Morgan fingerprint density at radius 3 is 2.50 bits per heavy atom. The topological polar surface area (TPSA) is 35.5 Å². The Bertz CT molecular complexity index is 388. The highest BCUT2D eigenvalue weighted by atomic mass is 35.5. The first-order valence-corrected chi connectivity index (χ1v) is 5.47. The molecule has 16 heavy (non-hydrogen) atoms. The van der Waals surface area contributed by atoms with Gasteiger partial charge >= 0.3 is 0 Å². The molecule has 0 spiro atoms. The second kappa shape index (κ2) is 5.75. The molecule has 4 heteroatoms. The first kappa shape index (κ1) is 12.8. The molecule has 0 atom stereocenters. The van der Waals surface area contributed by atoms with Crippen LogP contribution in [-0.2, 0) is 0 Å². The van der Waals surface area contributed by atoms with Crippen LogP contribution in [0, 0.1) is 0 Å². The van der Waals surface area contributed by atoms with Crippen LogP contribution >= 0.6 is 11.6 Å². The lowest BCUT2D eigenvalue weighted by Crippen LogP contribution is -2.01. The molecule has 1 rings (SSSR count). The molecule has 0 fully saturated rings. The summed E-state index contributed by atoms with van der Waals surface area (Å²) in [5.74, 6) is 0.958. The smallest absolute Gasteiger partial charge is 0.180 e. The molecule has 1 aromatic carbocycles. The fraction of sp³-hybridized carbons (Fsp3) is 0.417. The standard InChI is InChI=1S/C12H15ClO3/c1-4-5-9(14)8-6-7-10(15-2)12(16-3)11(8)13/h6-7H,4-5H2,1-3H3. The highest BCUT2D eigenvalue weighted by Crippen LogP contribution is 2.37. The number of carbonyl (C=O) groups excluding carboxylic acids is 1. The number of hydrogen-bond donors (Lipinski definition) is 0. The molecule has 0 radical (unpaired) electrons. The molecule has 0 aliphatic carbocycles. The van der Waals surface area contributed by atoms with Gasteiger partial charge in [0.1, 0.15) is 0 Å². The molecule has 0 N–H and O–H groups in total. The van der Waals surface area contributed by atoms with Crippen molar-refractivity contribution in [2.45, 2.75) is 19.8 Å². The van der Waals surface area contributed by atoms with Gasteiger partial charge in [-0.1, -0.05) is 18.5 Å². The van der Waals surface area contributed by atoms with Crippen molar-refractivity contribution in [3.63, 3.8) is 0 Å². The number of ether oxygens (including phenoxy) is 2. The SMILES string of the molecule is CCCC(=O)c1ccc(OC)c(OC)c1Cl. The monoisotopic (exact) mass is 242 g/mol. The van der Waals surface area contributed by atoms with Crippen LogP contribution in [0.3, 0.4) is 0 Å². The Hall–Kier alpha value is -1.22. The summed E-state index contributed by atoms with van der Waals surface area (Å²) in [6.45, 7) is 1.95. The Morgan fingerprint density at radius 2 is 2.00 bits per heavy atom. The van der Waals surface area contributed by atoms with Gasteiger partial charge in [0.15, 0.2) is 17.3 Å². The van der Waals surface area contributed by atoms with Crippen LogP contribution in [0.5, 0.6) is 11.5 Å². The lowest BCUT2D eigenvalue weighted by atomic mass is 10.1. The zero-order chi connectivity index (χ0) is 12.1. The molecular formula is C12H15ClO3. The molecule has 0 unspecified atom stereocenters. The highest BCUT2D eigenvalue weighted by molar-refractivity contribution is 6.35. The number of methoxy groups -OCH3 is 2. The lowest BCUT2D eigenvalue weighted by Gasteiger charge is -2.11. The largest absolute Gasteiger partial charge is 0.493 e. The quantitative estimate of drug-likeness (QED) is 0.743. The summed E-state index contributed by atoms with van der Waals surface area (Å²) in [6.07, 6.45) is 1.28. The molecule has 0 amide bonds. The third kappa shape index (κ3) is 2.47. The first-order valence-electron chi connectivity index (χ1n) is 5.09. The maximum atomic E-state index is 11.8. The van der Waals surface area contributed by atoms with Crippen LogP contribution in [0.1, 0.15) is 30.1 Å². The number of Topliss-reactive ketones (excluding diaryl/α,β-unsaturated/α-hetero) is 1. The third-order valence-corrected chi connectivity index (χ3v) is 2.64. The first-order chi connectivity index (χ1) is 7.65. The number of hydrogen-bond acceptors (Lipinski definition) is 3. The van der Waals surface area contributed by atoms with E-state index < -0.39 is 0 Å². The number of halogens is 1. The van der Waals surface area contributed by atoms with Crippen LogP contribution in [0.15, 0.2) is 12.1 Å². The van der Waals surface area contributed by atoms with Crippen LogP contribution in [-0.4, -0.2) is 20.0 Å². The highest BCUT2D eigenvalue weighted by Gasteiger charge is 2.17. The molecule has 0 heterocycles. The van der Waals surface area contributed by atoms with E-state index >= 15 is 0 Å². The molecule has 3 nitrogen and oxygen atoms in total. The van der Waals surface area contributed by atoms with Crippen molar-refractivity contribution in [1.82, 2.24) is 0 Å². The van der Waals surface area contributed by atoms with Crippen molar-refractivity contribution in [3.8, 4) is 11.5 Å². The van der Waals surface area contributed by atoms with Crippen molar-refractivity contribution in [2.75, 3.05) is 14.2 Å². The van der Waals surface area contributed by atoms with Gasteiger partial charge in [-0.2, -0.15) is 0 Å². The summed E-state index contributed by atoms with van der Waals surface area (Å²) in [4.78, 5) is 11.8. The molecule has 0 aliphatic heterocycles. The fourth-order valence-electron chi connectivity index (χ4n) is 1.47. The molecule has 0 aliphatic rings. The van der Waals surface area contributed by atoms with E-state index in [1.807, 2.05) is 6.92 Å². The Labute approximate surface area is 100 Å². The number of rotatable bonds is 5. The van der Waals surface area contributed by atoms with Crippen molar-refractivity contribution in [3.05, 3.63) is 22.7 Å². The summed E-state index contributed by atoms with van der Waals surface area (Å²) in [5, 5.41) is 0.320. The summed E-state index contributed by atoms with van der Waals surface area (Å²) < 4.78 is 10.2. The Kier molecular flexibility index (Phi) is 4.62. The lowest BCUT2D eigenvalue weighted by molar-refractivity contribution is 0.0981.